The van der Waals surface area contributed by atoms with E-state index in [0.717, 1.165) is 11.3 Å². The van der Waals surface area contributed by atoms with Crippen molar-refractivity contribution in [3.8, 4) is 5.75 Å². The zero-order chi connectivity index (χ0) is 15.9. The van der Waals surface area contributed by atoms with Crippen LogP contribution in [-0.2, 0) is 6.42 Å². The van der Waals surface area contributed by atoms with Gasteiger partial charge in [0.05, 0.1) is 7.11 Å². The smallest absolute Gasteiger partial charge is 0.193 e. The van der Waals surface area contributed by atoms with E-state index in [1.165, 1.54) is 18.7 Å². The summed E-state index contributed by atoms with van der Waals surface area (Å²) < 4.78 is 18.3. The fourth-order valence-corrected chi connectivity index (χ4v) is 1.99. The van der Waals surface area contributed by atoms with E-state index in [9.17, 15) is 4.39 Å². The molecule has 2 rings (SSSR count). The van der Waals surface area contributed by atoms with Crippen molar-refractivity contribution in [2.75, 3.05) is 19.0 Å². The third-order valence-electron chi connectivity index (χ3n) is 3.22. The molecule has 0 aliphatic carbocycles. The van der Waals surface area contributed by atoms with Crippen molar-refractivity contribution in [2.45, 2.75) is 13.3 Å². The van der Waals surface area contributed by atoms with E-state index in [1.807, 2.05) is 31.2 Å². The standard InChI is InChI=1S/C17H20FN3O.HI/c1-12-3-6-14(7-4-12)21-17(19)20-10-9-13-5-8-15(18)16(11-13)22-2;/h3-8,11H,9-10H2,1-2H3,(H3,19,20,21);1H. The number of ether oxygens (including phenoxy) is 1. The molecular weight excluding hydrogens is 408 g/mol. The number of rotatable bonds is 5. The highest BCUT2D eigenvalue weighted by Crippen LogP contribution is 2.18. The highest BCUT2D eigenvalue weighted by molar-refractivity contribution is 14.0. The lowest BCUT2D eigenvalue weighted by atomic mass is 10.1. The molecule has 0 aliphatic rings. The summed E-state index contributed by atoms with van der Waals surface area (Å²) >= 11 is 0. The summed E-state index contributed by atoms with van der Waals surface area (Å²) in [6.07, 6.45) is 0.660. The van der Waals surface area contributed by atoms with Crippen LogP contribution in [0.1, 0.15) is 11.1 Å². The average Bonchev–Trinajstić information content (AvgIpc) is 2.51. The van der Waals surface area contributed by atoms with E-state index in [-0.39, 0.29) is 35.5 Å². The Balaban J connectivity index is 0.00000264. The first-order valence-electron chi connectivity index (χ1n) is 7.04. The van der Waals surface area contributed by atoms with E-state index in [2.05, 4.69) is 10.3 Å². The quantitative estimate of drug-likeness (QED) is 0.433. The van der Waals surface area contributed by atoms with Gasteiger partial charge in [-0.15, -0.1) is 24.0 Å². The molecule has 6 heteroatoms. The van der Waals surface area contributed by atoms with Crippen molar-refractivity contribution in [2.24, 2.45) is 10.7 Å². The van der Waals surface area contributed by atoms with Gasteiger partial charge in [0.25, 0.3) is 0 Å². The van der Waals surface area contributed by atoms with Gasteiger partial charge in [-0.2, -0.15) is 0 Å². The summed E-state index contributed by atoms with van der Waals surface area (Å²) in [5.41, 5.74) is 8.88. The van der Waals surface area contributed by atoms with Gasteiger partial charge >= 0.3 is 0 Å². The van der Waals surface area contributed by atoms with Crippen LogP contribution in [0.2, 0.25) is 0 Å². The normalized spacial score (nSPS) is 10.8. The lowest BCUT2D eigenvalue weighted by Gasteiger charge is -2.07. The van der Waals surface area contributed by atoms with Gasteiger partial charge in [0.1, 0.15) is 0 Å². The summed E-state index contributed by atoms with van der Waals surface area (Å²) in [5.74, 6) is 0.237. The van der Waals surface area contributed by atoms with Crippen LogP contribution >= 0.6 is 24.0 Å². The van der Waals surface area contributed by atoms with Crippen LogP contribution in [-0.4, -0.2) is 19.6 Å². The van der Waals surface area contributed by atoms with Gasteiger partial charge in [-0.3, -0.25) is 4.99 Å². The Kier molecular flexibility index (Phi) is 7.80. The van der Waals surface area contributed by atoms with Gasteiger partial charge in [-0.25, -0.2) is 4.39 Å². The monoisotopic (exact) mass is 429 g/mol. The SMILES string of the molecule is COc1cc(CCN=C(N)Nc2ccc(C)cc2)ccc1F.I. The van der Waals surface area contributed by atoms with E-state index >= 15 is 0 Å². The minimum atomic E-state index is -0.365. The molecule has 0 spiro atoms. The zero-order valence-corrected chi connectivity index (χ0v) is 15.5. The van der Waals surface area contributed by atoms with E-state index in [0.29, 0.717) is 18.9 Å². The lowest BCUT2D eigenvalue weighted by Crippen LogP contribution is -2.23. The van der Waals surface area contributed by atoms with Crippen LogP contribution < -0.4 is 15.8 Å². The van der Waals surface area contributed by atoms with E-state index in [4.69, 9.17) is 10.5 Å². The molecule has 124 valence electrons. The Morgan fingerprint density at radius 3 is 2.57 bits per heavy atom. The molecule has 3 N–H and O–H groups in total. The van der Waals surface area contributed by atoms with Gasteiger partial charge in [0.2, 0.25) is 0 Å². The van der Waals surface area contributed by atoms with Gasteiger partial charge < -0.3 is 15.8 Å². The fourth-order valence-electron chi connectivity index (χ4n) is 1.99. The van der Waals surface area contributed by atoms with Crippen LogP contribution in [0.5, 0.6) is 5.75 Å². The van der Waals surface area contributed by atoms with Gasteiger partial charge in [0.15, 0.2) is 17.5 Å². The number of nitrogens with two attached hydrogens (primary N) is 1. The van der Waals surface area contributed by atoms with Crippen LogP contribution in [0, 0.1) is 12.7 Å². The number of anilines is 1. The third-order valence-corrected chi connectivity index (χ3v) is 3.22. The Morgan fingerprint density at radius 1 is 1.22 bits per heavy atom. The minimum absolute atomic E-state index is 0. The Labute approximate surface area is 153 Å². The lowest BCUT2D eigenvalue weighted by molar-refractivity contribution is 0.386. The number of benzene rings is 2. The number of aryl methyl sites for hydroxylation is 1. The highest BCUT2D eigenvalue weighted by Gasteiger charge is 2.03. The molecular formula is C17H21FIN3O. The second kappa shape index (κ2) is 9.34. The number of hydrogen-bond acceptors (Lipinski definition) is 2. The first-order chi connectivity index (χ1) is 10.6. The number of aliphatic imine (C=N–C) groups is 1. The Morgan fingerprint density at radius 2 is 1.91 bits per heavy atom. The van der Waals surface area contributed by atoms with Crippen molar-refractivity contribution in [1.29, 1.82) is 0 Å². The Hall–Kier alpha value is -1.83. The fraction of sp³-hybridized carbons (Fsp3) is 0.235. The van der Waals surface area contributed by atoms with Gasteiger partial charge in [-0.1, -0.05) is 23.8 Å². The number of methoxy groups -OCH3 is 1. The van der Waals surface area contributed by atoms with Crippen molar-refractivity contribution < 1.29 is 9.13 Å². The van der Waals surface area contributed by atoms with Crippen LogP contribution in [0.25, 0.3) is 0 Å². The molecule has 4 nitrogen and oxygen atoms in total. The predicted molar refractivity (Wildman–Crippen MR) is 103 cm³/mol. The number of nitrogens with one attached hydrogen (secondary N) is 1. The maximum Gasteiger partial charge on any atom is 0.193 e. The summed E-state index contributed by atoms with van der Waals surface area (Å²) in [6, 6.07) is 12.7. The van der Waals surface area contributed by atoms with Crippen LogP contribution in [0.4, 0.5) is 10.1 Å². The molecule has 0 radical (unpaired) electrons. The topological polar surface area (TPSA) is 59.6 Å². The molecule has 0 bridgehead atoms. The molecule has 0 amide bonds. The van der Waals surface area contributed by atoms with Gasteiger partial charge in [-0.05, 0) is 43.2 Å². The third kappa shape index (κ3) is 6.05. The number of guanidine groups is 1. The molecule has 0 heterocycles. The number of halogens is 2. The molecule has 2 aromatic rings. The first kappa shape index (κ1) is 19.2. The second-order valence-electron chi connectivity index (χ2n) is 4.98. The van der Waals surface area contributed by atoms with E-state index < -0.39 is 0 Å². The van der Waals surface area contributed by atoms with Crippen molar-refractivity contribution in [3.63, 3.8) is 0 Å². The van der Waals surface area contributed by atoms with Crippen LogP contribution in [0.15, 0.2) is 47.5 Å². The minimum Gasteiger partial charge on any atom is -0.494 e. The summed E-state index contributed by atoms with van der Waals surface area (Å²) in [6.45, 7) is 2.54. The molecule has 0 atom stereocenters. The first-order valence-corrected chi connectivity index (χ1v) is 7.04. The predicted octanol–water partition coefficient (Wildman–Crippen LogP) is 3.73. The summed E-state index contributed by atoms with van der Waals surface area (Å²) in [4.78, 5) is 4.26. The number of nitrogens with zero attached hydrogens (tertiary/aromatic N) is 1. The maximum atomic E-state index is 13.3. The molecule has 0 saturated heterocycles. The molecule has 0 saturated carbocycles. The molecule has 0 fully saturated rings. The van der Waals surface area contributed by atoms with Crippen molar-refractivity contribution in [3.05, 3.63) is 59.4 Å². The van der Waals surface area contributed by atoms with E-state index in [1.54, 1.807) is 12.1 Å². The number of hydrogen-bond donors (Lipinski definition) is 2. The largest absolute Gasteiger partial charge is 0.494 e. The molecule has 0 unspecified atom stereocenters. The summed E-state index contributed by atoms with van der Waals surface area (Å²) in [5, 5.41) is 3.03. The average molecular weight is 429 g/mol. The zero-order valence-electron chi connectivity index (χ0n) is 13.2. The molecule has 23 heavy (non-hydrogen) atoms. The molecule has 0 aliphatic heterocycles. The molecule has 2 aromatic carbocycles. The van der Waals surface area contributed by atoms with Crippen molar-refractivity contribution >= 4 is 35.6 Å². The highest BCUT2D eigenvalue weighted by atomic mass is 127. The van der Waals surface area contributed by atoms with Gasteiger partial charge in [0, 0.05) is 12.2 Å². The summed E-state index contributed by atoms with van der Waals surface area (Å²) in [7, 11) is 1.45. The van der Waals surface area contributed by atoms with Crippen molar-refractivity contribution in [1.82, 2.24) is 0 Å². The van der Waals surface area contributed by atoms with Crippen LogP contribution in [0.3, 0.4) is 0 Å². The molecule has 0 aromatic heterocycles. The Bertz CT molecular complexity index is 659. The second-order valence-corrected chi connectivity index (χ2v) is 4.98. The maximum absolute atomic E-state index is 13.3.